The van der Waals surface area contributed by atoms with Crippen LogP contribution in [0.4, 0.5) is 0 Å². The molecular weight excluding hydrogens is 661 g/mol. The number of benzene rings is 6. The van der Waals surface area contributed by atoms with E-state index in [-0.39, 0.29) is 5.41 Å². The molecule has 6 aromatic carbocycles. The fraction of sp³-hybridized carbons (Fsp3) is 0.200. The molecule has 258 valence electrons. The molecule has 4 fully saturated rings. The van der Waals surface area contributed by atoms with Gasteiger partial charge in [-0.2, -0.15) is 0 Å². The van der Waals surface area contributed by atoms with Crippen LogP contribution in [-0.2, 0) is 5.41 Å². The molecule has 0 unspecified atom stereocenters. The Hall–Kier alpha value is -6.00. The van der Waals surface area contributed by atoms with Gasteiger partial charge in [0.1, 0.15) is 22.3 Å². The molecule has 3 heterocycles. The van der Waals surface area contributed by atoms with Crippen molar-refractivity contribution in [3.63, 3.8) is 0 Å². The van der Waals surface area contributed by atoms with Crippen LogP contribution < -0.4 is 0 Å². The summed E-state index contributed by atoms with van der Waals surface area (Å²) in [6.45, 7) is 0. The molecular formula is C50H36N2O2. The van der Waals surface area contributed by atoms with E-state index in [4.69, 9.17) is 18.8 Å². The van der Waals surface area contributed by atoms with E-state index in [2.05, 4.69) is 115 Å². The smallest absolute Gasteiger partial charge is 0.161 e. The highest BCUT2D eigenvalue weighted by atomic mass is 16.3. The van der Waals surface area contributed by atoms with Gasteiger partial charge in [-0.05, 0) is 109 Å². The van der Waals surface area contributed by atoms with Gasteiger partial charge in [-0.1, -0.05) is 97.1 Å². The van der Waals surface area contributed by atoms with Crippen LogP contribution in [0.5, 0.6) is 0 Å². The summed E-state index contributed by atoms with van der Waals surface area (Å²) >= 11 is 0. The summed E-state index contributed by atoms with van der Waals surface area (Å²) in [6.07, 6.45) is 6.91. The first kappa shape index (κ1) is 29.5. The second kappa shape index (κ2) is 10.6. The van der Waals surface area contributed by atoms with E-state index < -0.39 is 0 Å². The van der Waals surface area contributed by atoms with Crippen LogP contribution in [0.1, 0.15) is 43.2 Å². The zero-order chi connectivity index (χ0) is 35.1. The van der Waals surface area contributed by atoms with Crippen molar-refractivity contribution in [3.8, 4) is 45.0 Å². The third-order valence-electron chi connectivity index (χ3n) is 13.9. The van der Waals surface area contributed by atoms with Crippen molar-refractivity contribution in [3.05, 3.63) is 145 Å². The van der Waals surface area contributed by atoms with E-state index in [1.807, 2.05) is 18.2 Å². The van der Waals surface area contributed by atoms with E-state index in [1.165, 1.54) is 48.8 Å². The molecule has 0 saturated heterocycles. The van der Waals surface area contributed by atoms with Crippen LogP contribution in [0.25, 0.3) is 88.9 Å². The van der Waals surface area contributed by atoms with Gasteiger partial charge in [0.15, 0.2) is 5.82 Å². The monoisotopic (exact) mass is 696 g/mol. The average molecular weight is 697 g/mol. The lowest BCUT2D eigenvalue weighted by atomic mass is 9.43. The van der Waals surface area contributed by atoms with Crippen molar-refractivity contribution < 1.29 is 8.83 Å². The first-order chi connectivity index (χ1) is 26.7. The van der Waals surface area contributed by atoms with Gasteiger partial charge < -0.3 is 8.83 Å². The van der Waals surface area contributed by atoms with Gasteiger partial charge in [0.25, 0.3) is 0 Å². The maximum Gasteiger partial charge on any atom is 0.161 e. The molecule has 0 N–H and O–H groups in total. The highest BCUT2D eigenvalue weighted by Crippen LogP contribution is 2.70. The molecule has 5 aliphatic carbocycles. The molecule has 0 radical (unpaired) electrons. The molecule has 14 rings (SSSR count). The Kier molecular flexibility index (Phi) is 5.77. The summed E-state index contributed by atoms with van der Waals surface area (Å²) in [5.74, 6) is 3.92. The number of furan rings is 2. The van der Waals surface area contributed by atoms with Gasteiger partial charge in [-0.25, -0.2) is 9.97 Å². The van der Waals surface area contributed by atoms with Crippen LogP contribution >= 0.6 is 0 Å². The zero-order valence-electron chi connectivity index (χ0n) is 29.8. The highest BCUT2D eigenvalue weighted by molar-refractivity contribution is 6.16. The van der Waals surface area contributed by atoms with E-state index in [0.29, 0.717) is 17.7 Å². The maximum absolute atomic E-state index is 7.04. The third-order valence-corrected chi connectivity index (χ3v) is 13.9. The Morgan fingerprint density at radius 2 is 1.19 bits per heavy atom. The lowest BCUT2D eigenvalue weighted by Gasteiger charge is -2.61. The molecule has 4 bridgehead atoms. The number of rotatable bonds is 3. The first-order valence-electron chi connectivity index (χ1n) is 19.7. The average Bonchev–Trinajstić information content (AvgIpc) is 3.88. The first-order valence-corrected chi connectivity index (χ1v) is 19.7. The molecule has 54 heavy (non-hydrogen) atoms. The minimum atomic E-state index is 0.0960. The van der Waals surface area contributed by atoms with Crippen LogP contribution in [0.3, 0.4) is 0 Å². The van der Waals surface area contributed by atoms with Crippen molar-refractivity contribution in [1.29, 1.82) is 0 Å². The normalized spacial score (nSPS) is 23.6. The Morgan fingerprint density at radius 3 is 2.04 bits per heavy atom. The molecule has 0 atom stereocenters. The standard InChI is InChI=1S/C50H36N2O2/c1-2-9-30(10-3-1)41-27-42(31-17-20-44-38(26-31)34-11-5-7-15-43(34)53-44)52-49(51-41)37-13-8-16-45-46(37)36-18-19-40-47(48(36)54-45)35-12-4-6-14-39(35)50(40)32-22-28-21-29(24-32)25-33(50)23-28/h1-20,26-29,32-33H,21-25H2. The van der Waals surface area contributed by atoms with Crippen molar-refractivity contribution in [2.24, 2.45) is 23.7 Å². The molecule has 4 nitrogen and oxygen atoms in total. The summed E-state index contributed by atoms with van der Waals surface area (Å²) in [7, 11) is 0. The number of nitrogens with zero attached hydrogens (tertiary/aromatic N) is 2. The summed E-state index contributed by atoms with van der Waals surface area (Å²) < 4.78 is 13.2. The van der Waals surface area contributed by atoms with Crippen molar-refractivity contribution in [1.82, 2.24) is 9.97 Å². The van der Waals surface area contributed by atoms with Gasteiger partial charge in [0, 0.05) is 49.2 Å². The van der Waals surface area contributed by atoms with Gasteiger partial charge in [-0.3, -0.25) is 0 Å². The SMILES string of the molecule is c1ccc(-c2cc(-c3ccc4oc5ccccc5c4c3)nc(-c3cccc4oc5c6c(ccc5c34)C3(c4ccccc4-6)C4CC5CC(C4)CC3C5)n2)cc1. The van der Waals surface area contributed by atoms with E-state index in [1.54, 1.807) is 5.56 Å². The Balaban J connectivity index is 1.04. The van der Waals surface area contributed by atoms with E-state index in [0.717, 1.165) is 83.8 Å². The number of hydrogen-bond donors (Lipinski definition) is 0. The van der Waals surface area contributed by atoms with Crippen LogP contribution in [0.15, 0.2) is 142 Å². The fourth-order valence-corrected chi connectivity index (χ4v) is 12.1. The second-order valence-electron chi connectivity index (χ2n) is 16.5. The summed E-state index contributed by atoms with van der Waals surface area (Å²) in [5.41, 5.74) is 14.3. The topological polar surface area (TPSA) is 52.1 Å². The van der Waals surface area contributed by atoms with Crippen LogP contribution in [0.2, 0.25) is 0 Å². The van der Waals surface area contributed by atoms with Crippen molar-refractivity contribution >= 4 is 43.9 Å². The largest absolute Gasteiger partial charge is 0.456 e. The predicted octanol–water partition coefficient (Wildman–Crippen LogP) is 13.0. The lowest BCUT2D eigenvalue weighted by Crippen LogP contribution is -2.55. The summed E-state index contributed by atoms with van der Waals surface area (Å²) in [4.78, 5) is 10.6. The molecule has 0 aliphatic heterocycles. The van der Waals surface area contributed by atoms with Crippen molar-refractivity contribution in [2.75, 3.05) is 0 Å². The molecule has 0 amide bonds. The minimum Gasteiger partial charge on any atom is -0.456 e. The quantitative estimate of drug-likeness (QED) is 0.184. The molecule has 4 saturated carbocycles. The van der Waals surface area contributed by atoms with Gasteiger partial charge in [0.05, 0.1) is 11.4 Å². The lowest BCUT2D eigenvalue weighted by molar-refractivity contribution is -0.0399. The van der Waals surface area contributed by atoms with E-state index in [9.17, 15) is 0 Å². The molecule has 3 aromatic heterocycles. The van der Waals surface area contributed by atoms with Gasteiger partial charge >= 0.3 is 0 Å². The molecule has 5 aliphatic rings. The maximum atomic E-state index is 7.04. The zero-order valence-corrected chi connectivity index (χ0v) is 29.8. The van der Waals surface area contributed by atoms with Crippen LogP contribution in [0, 0.1) is 23.7 Å². The third kappa shape index (κ3) is 3.83. The van der Waals surface area contributed by atoms with Crippen molar-refractivity contribution in [2.45, 2.75) is 37.5 Å². The Labute approximate surface area is 312 Å². The minimum absolute atomic E-state index is 0.0960. The van der Waals surface area contributed by atoms with Crippen LogP contribution in [-0.4, -0.2) is 9.97 Å². The fourth-order valence-electron chi connectivity index (χ4n) is 12.1. The Morgan fingerprint density at radius 1 is 0.481 bits per heavy atom. The number of fused-ring (bicyclic) bond motifs is 10. The summed E-state index contributed by atoms with van der Waals surface area (Å²) in [6, 6.07) is 47.7. The summed E-state index contributed by atoms with van der Waals surface area (Å²) in [5, 5.41) is 4.40. The number of hydrogen-bond acceptors (Lipinski definition) is 4. The molecule has 4 heteroatoms. The van der Waals surface area contributed by atoms with E-state index >= 15 is 0 Å². The van der Waals surface area contributed by atoms with Gasteiger partial charge in [0.2, 0.25) is 0 Å². The molecule has 9 aromatic rings. The van der Waals surface area contributed by atoms with Gasteiger partial charge in [-0.15, -0.1) is 0 Å². The molecule has 1 spiro atoms. The highest BCUT2D eigenvalue weighted by Gasteiger charge is 2.61. The predicted molar refractivity (Wildman–Crippen MR) is 216 cm³/mol. The Bertz CT molecular complexity index is 3000. The number of aromatic nitrogens is 2. The number of para-hydroxylation sites is 1. The second-order valence-corrected chi connectivity index (χ2v) is 16.5.